The van der Waals surface area contributed by atoms with Gasteiger partial charge in [0.2, 0.25) is 0 Å². The van der Waals surface area contributed by atoms with Crippen LogP contribution in [0.5, 0.6) is 0 Å². The van der Waals surface area contributed by atoms with Crippen LogP contribution in [0.3, 0.4) is 0 Å². The molecule has 7 heteroatoms. The lowest BCUT2D eigenvalue weighted by Gasteiger charge is -2.08. The molecule has 0 aliphatic carbocycles. The van der Waals surface area contributed by atoms with Gasteiger partial charge in [0.05, 0.1) is 14.5 Å². The van der Waals surface area contributed by atoms with E-state index in [4.69, 9.17) is 35.4 Å². The number of aromatic nitrogens is 3. The molecule has 0 amide bonds. The van der Waals surface area contributed by atoms with Crippen molar-refractivity contribution in [2.75, 3.05) is 0 Å². The lowest BCUT2D eigenvalue weighted by molar-refractivity contribution is 0.864. The molecule has 3 nitrogen and oxygen atoms in total. The van der Waals surface area contributed by atoms with E-state index in [1.807, 2.05) is 0 Å². The van der Waals surface area contributed by atoms with E-state index < -0.39 is 0 Å². The quantitative estimate of drug-likeness (QED) is 0.744. The van der Waals surface area contributed by atoms with Crippen molar-refractivity contribution in [3.63, 3.8) is 0 Å². The summed E-state index contributed by atoms with van der Waals surface area (Å²) in [7, 11) is 0. The van der Waals surface area contributed by atoms with Gasteiger partial charge < -0.3 is 4.98 Å². The maximum absolute atomic E-state index is 6.13. The summed E-state index contributed by atoms with van der Waals surface area (Å²) in [6.45, 7) is 2.09. The number of halogens is 3. The maximum atomic E-state index is 6.13. The SMILES string of the molecule is CCCc1[nH]c(-c2ncc(Cl)cc2Cl)nc(=S)c1Br. The first-order valence-electron chi connectivity index (χ1n) is 5.63. The minimum Gasteiger partial charge on any atom is -0.341 e. The van der Waals surface area contributed by atoms with E-state index in [1.165, 1.54) is 6.20 Å². The highest BCUT2D eigenvalue weighted by molar-refractivity contribution is 9.10. The van der Waals surface area contributed by atoms with Gasteiger partial charge in [0.25, 0.3) is 0 Å². The monoisotopic (exact) mass is 377 g/mol. The molecule has 0 aliphatic heterocycles. The Kier molecular flexibility index (Phi) is 4.95. The van der Waals surface area contributed by atoms with Crippen molar-refractivity contribution in [1.29, 1.82) is 0 Å². The van der Waals surface area contributed by atoms with Gasteiger partial charge in [0, 0.05) is 11.9 Å². The second-order valence-corrected chi connectivity index (χ2v) is 5.94. The zero-order valence-electron chi connectivity index (χ0n) is 10.0. The Balaban J connectivity index is 2.59. The van der Waals surface area contributed by atoms with Crippen LogP contribution in [0, 0.1) is 4.64 Å². The van der Waals surface area contributed by atoms with Crippen molar-refractivity contribution in [2.45, 2.75) is 19.8 Å². The minimum absolute atomic E-state index is 0.440. The van der Waals surface area contributed by atoms with Crippen LogP contribution in [-0.2, 0) is 6.42 Å². The zero-order chi connectivity index (χ0) is 14.0. The second-order valence-electron chi connectivity index (χ2n) is 3.92. The van der Waals surface area contributed by atoms with Crippen LogP contribution in [0.15, 0.2) is 16.7 Å². The molecule has 100 valence electrons. The molecular weight excluding hydrogens is 369 g/mol. The lowest BCUT2D eigenvalue weighted by atomic mass is 10.2. The maximum Gasteiger partial charge on any atom is 0.159 e. The molecule has 0 bridgehead atoms. The number of hydrogen-bond donors (Lipinski definition) is 1. The zero-order valence-corrected chi connectivity index (χ0v) is 13.9. The fourth-order valence-corrected chi connectivity index (χ4v) is 2.70. The summed E-state index contributed by atoms with van der Waals surface area (Å²) in [6, 6.07) is 1.63. The number of nitrogens with one attached hydrogen (secondary N) is 1. The Bertz CT molecular complexity index is 673. The van der Waals surface area contributed by atoms with Gasteiger partial charge in [-0.25, -0.2) is 9.97 Å². The normalized spacial score (nSPS) is 10.7. The molecule has 0 aliphatic rings. The van der Waals surface area contributed by atoms with E-state index in [1.54, 1.807) is 6.07 Å². The van der Waals surface area contributed by atoms with Crippen LogP contribution in [0.4, 0.5) is 0 Å². The summed E-state index contributed by atoms with van der Waals surface area (Å²) in [6.07, 6.45) is 3.39. The molecule has 0 atom stereocenters. The van der Waals surface area contributed by atoms with Crippen molar-refractivity contribution >= 4 is 51.3 Å². The largest absolute Gasteiger partial charge is 0.341 e. The highest BCUT2D eigenvalue weighted by Gasteiger charge is 2.12. The van der Waals surface area contributed by atoms with Gasteiger partial charge in [-0.1, -0.05) is 48.8 Å². The summed E-state index contributed by atoms with van der Waals surface area (Å²) in [5.74, 6) is 0.554. The number of hydrogen-bond acceptors (Lipinski definition) is 3. The summed E-state index contributed by atoms with van der Waals surface area (Å²) in [4.78, 5) is 11.7. The van der Waals surface area contributed by atoms with Gasteiger partial charge in [-0.05, 0) is 28.4 Å². The van der Waals surface area contributed by atoms with Gasteiger partial charge in [-0.2, -0.15) is 0 Å². The lowest BCUT2D eigenvalue weighted by Crippen LogP contribution is -2.00. The smallest absolute Gasteiger partial charge is 0.159 e. The number of rotatable bonds is 3. The molecule has 2 aromatic heterocycles. The average molecular weight is 379 g/mol. The van der Waals surface area contributed by atoms with E-state index in [0.717, 1.165) is 23.0 Å². The van der Waals surface area contributed by atoms with Crippen LogP contribution in [0.1, 0.15) is 19.0 Å². The van der Waals surface area contributed by atoms with Crippen LogP contribution >= 0.6 is 51.3 Å². The van der Waals surface area contributed by atoms with Crippen LogP contribution < -0.4 is 0 Å². The van der Waals surface area contributed by atoms with Gasteiger partial charge in [0.15, 0.2) is 5.82 Å². The molecule has 0 fully saturated rings. The van der Waals surface area contributed by atoms with E-state index in [-0.39, 0.29) is 0 Å². The Morgan fingerprint density at radius 1 is 1.42 bits per heavy atom. The van der Waals surface area contributed by atoms with Crippen molar-refractivity contribution in [3.05, 3.63) is 37.1 Å². The number of aromatic amines is 1. The van der Waals surface area contributed by atoms with Gasteiger partial charge in [-0.3, -0.25) is 0 Å². The molecule has 0 saturated carbocycles. The average Bonchev–Trinajstić information content (AvgIpc) is 2.35. The van der Waals surface area contributed by atoms with Crippen LogP contribution in [-0.4, -0.2) is 15.0 Å². The van der Waals surface area contributed by atoms with Gasteiger partial charge >= 0.3 is 0 Å². The fourth-order valence-electron chi connectivity index (χ4n) is 1.63. The van der Waals surface area contributed by atoms with Gasteiger partial charge in [0.1, 0.15) is 10.3 Å². The Hall–Kier alpha value is -0.490. The van der Waals surface area contributed by atoms with Crippen molar-refractivity contribution in [3.8, 4) is 11.5 Å². The summed E-state index contributed by atoms with van der Waals surface area (Å²) < 4.78 is 1.31. The highest BCUT2D eigenvalue weighted by Crippen LogP contribution is 2.27. The first-order chi connectivity index (χ1) is 9.02. The van der Waals surface area contributed by atoms with Crippen molar-refractivity contribution < 1.29 is 0 Å². The Morgan fingerprint density at radius 3 is 2.79 bits per heavy atom. The van der Waals surface area contributed by atoms with E-state index in [2.05, 4.69) is 37.8 Å². The first-order valence-corrected chi connectivity index (χ1v) is 7.58. The third-order valence-electron chi connectivity index (χ3n) is 2.47. The summed E-state index contributed by atoms with van der Waals surface area (Å²) >= 11 is 20.7. The number of aryl methyl sites for hydroxylation is 1. The number of H-pyrrole nitrogens is 1. The topological polar surface area (TPSA) is 41.6 Å². The first kappa shape index (κ1) is 14.9. The number of nitrogens with zero attached hydrogens (tertiary/aromatic N) is 2. The Labute approximate surface area is 134 Å². The third kappa shape index (κ3) is 3.34. The molecular formula is C12H10BrCl2N3S. The summed E-state index contributed by atoms with van der Waals surface area (Å²) in [5, 5.41) is 0.925. The van der Waals surface area contributed by atoms with Crippen LogP contribution in [0.2, 0.25) is 10.0 Å². The molecule has 19 heavy (non-hydrogen) atoms. The fraction of sp³-hybridized carbons (Fsp3) is 0.250. The molecule has 2 rings (SSSR count). The molecule has 2 heterocycles. The molecule has 2 aromatic rings. The van der Waals surface area contributed by atoms with Gasteiger partial charge in [-0.15, -0.1) is 0 Å². The second kappa shape index (κ2) is 6.31. The Morgan fingerprint density at radius 2 is 2.16 bits per heavy atom. The molecule has 0 aromatic carbocycles. The summed E-state index contributed by atoms with van der Waals surface area (Å²) in [5.41, 5.74) is 1.53. The molecule has 0 unspecified atom stereocenters. The van der Waals surface area contributed by atoms with Crippen molar-refractivity contribution in [1.82, 2.24) is 15.0 Å². The third-order valence-corrected chi connectivity index (χ3v) is 4.37. The number of pyridine rings is 1. The highest BCUT2D eigenvalue weighted by atomic mass is 79.9. The standard InChI is InChI=1S/C12H10BrCl2N3S/c1-2-3-8-9(13)12(19)18-11(17-8)10-7(15)4-6(14)5-16-10/h4-5H,2-3H2,1H3,(H,17,18,19). The minimum atomic E-state index is 0.440. The molecule has 1 N–H and O–H groups in total. The molecule has 0 radical (unpaired) electrons. The van der Waals surface area contributed by atoms with E-state index in [0.29, 0.717) is 26.2 Å². The van der Waals surface area contributed by atoms with Crippen molar-refractivity contribution in [2.24, 2.45) is 0 Å². The van der Waals surface area contributed by atoms with Crippen LogP contribution in [0.25, 0.3) is 11.5 Å². The molecule has 0 saturated heterocycles. The predicted molar refractivity (Wildman–Crippen MR) is 84.4 cm³/mol. The van der Waals surface area contributed by atoms with E-state index in [9.17, 15) is 0 Å². The predicted octanol–water partition coefficient (Wildman–Crippen LogP) is 5.22. The molecule has 0 spiro atoms. The van der Waals surface area contributed by atoms with E-state index >= 15 is 0 Å².